The maximum Gasteiger partial charge on any atom is 0.342 e. The molecule has 2 rings (SSSR count). The summed E-state index contributed by atoms with van der Waals surface area (Å²) in [6.07, 6.45) is 1.82. The van der Waals surface area contributed by atoms with Crippen LogP contribution in [-0.4, -0.2) is 29.3 Å². The minimum Gasteiger partial charge on any atom is -0.452 e. The largest absolute Gasteiger partial charge is 0.452 e. The smallest absolute Gasteiger partial charge is 0.342 e. The molecule has 0 aliphatic heterocycles. The Morgan fingerprint density at radius 2 is 2.04 bits per heavy atom. The lowest BCUT2D eigenvalue weighted by molar-refractivity contribution is -0.121. The van der Waals surface area contributed by atoms with Gasteiger partial charge in [0.15, 0.2) is 6.61 Å². The van der Waals surface area contributed by atoms with Gasteiger partial charge in [-0.1, -0.05) is 0 Å². The third-order valence-corrected chi connectivity index (χ3v) is 4.03. The number of carbonyl (C=O) groups excluding carboxylic acids is 2. The van der Waals surface area contributed by atoms with Gasteiger partial charge in [0, 0.05) is 18.0 Å². The van der Waals surface area contributed by atoms with Crippen LogP contribution in [0.5, 0.6) is 0 Å². The van der Waals surface area contributed by atoms with Gasteiger partial charge >= 0.3 is 5.97 Å². The third-order valence-electron chi connectivity index (χ3n) is 3.31. The van der Waals surface area contributed by atoms with Crippen LogP contribution in [0.2, 0.25) is 0 Å². The van der Waals surface area contributed by atoms with Crippen molar-refractivity contribution in [3.8, 4) is 0 Å². The van der Waals surface area contributed by atoms with Gasteiger partial charge in [0.25, 0.3) is 11.5 Å². The van der Waals surface area contributed by atoms with Gasteiger partial charge in [0.1, 0.15) is 17.2 Å². The molecule has 0 saturated heterocycles. The topological polar surface area (TPSA) is 103 Å². The monoisotopic (exact) mass is 365 g/mol. The molecule has 3 N–H and O–H groups in total. The van der Waals surface area contributed by atoms with E-state index in [2.05, 4.69) is 5.32 Å². The number of rotatable bonds is 6. The quantitative estimate of drug-likeness (QED) is 0.596. The lowest BCUT2D eigenvalue weighted by atomic mass is 10.2. The molecule has 1 amide bonds. The van der Waals surface area contributed by atoms with Gasteiger partial charge in [-0.05, 0) is 30.5 Å². The molecule has 1 aromatic carbocycles. The normalized spacial score (nSPS) is 10.4. The molecule has 25 heavy (non-hydrogen) atoms. The maximum absolute atomic E-state index is 14.2. The zero-order chi connectivity index (χ0) is 18.6. The van der Waals surface area contributed by atoms with Gasteiger partial charge in [-0.15, -0.1) is 11.8 Å². The Morgan fingerprint density at radius 3 is 2.64 bits per heavy atom. The van der Waals surface area contributed by atoms with Crippen LogP contribution in [-0.2, 0) is 16.6 Å². The number of aromatic nitrogens is 1. The van der Waals surface area contributed by atoms with Crippen molar-refractivity contribution in [3.05, 3.63) is 52.1 Å². The molecule has 0 aliphatic carbocycles. The molecule has 0 fully saturated rings. The lowest BCUT2D eigenvalue weighted by Crippen LogP contribution is -2.25. The fraction of sp³-hybridized carbons (Fsp3) is 0.188. The number of primary amides is 1. The third kappa shape index (κ3) is 4.38. The molecule has 0 unspecified atom stereocenters. The first kappa shape index (κ1) is 18.5. The zero-order valence-electron chi connectivity index (χ0n) is 13.5. The number of hydrogen-bond acceptors (Lipinski definition) is 6. The van der Waals surface area contributed by atoms with Crippen LogP contribution in [0.25, 0.3) is 0 Å². The van der Waals surface area contributed by atoms with Crippen molar-refractivity contribution in [1.82, 2.24) is 4.57 Å². The number of hydrogen-bond donors (Lipinski definition) is 2. The number of carbonyl (C=O) groups is 2. The van der Waals surface area contributed by atoms with Gasteiger partial charge in [-0.2, -0.15) is 0 Å². The summed E-state index contributed by atoms with van der Waals surface area (Å²) in [5.74, 6) is -2.18. The summed E-state index contributed by atoms with van der Waals surface area (Å²) in [6, 6.07) is 6.93. The van der Waals surface area contributed by atoms with Crippen molar-refractivity contribution in [1.29, 1.82) is 0 Å². The van der Waals surface area contributed by atoms with E-state index in [1.807, 2.05) is 6.26 Å². The van der Waals surface area contributed by atoms with Crippen LogP contribution in [0.15, 0.2) is 40.0 Å². The molecule has 0 saturated carbocycles. The van der Waals surface area contributed by atoms with Gasteiger partial charge in [0.05, 0.1) is 5.69 Å². The molecule has 0 spiro atoms. The summed E-state index contributed by atoms with van der Waals surface area (Å²) >= 11 is 1.38. The number of thioether (sulfide) groups is 1. The minimum absolute atomic E-state index is 0.0308. The van der Waals surface area contributed by atoms with Crippen LogP contribution in [0.3, 0.4) is 0 Å². The summed E-state index contributed by atoms with van der Waals surface area (Å²) < 4.78 is 20.1. The highest BCUT2D eigenvalue weighted by molar-refractivity contribution is 7.98. The molecular formula is C16H16FN3O4S. The first-order valence-corrected chi connectivity index (χ1v) is 8.32. The van der Waals surface area contributed by atoms with E-state index in [0.717, 1.165) is 9.46 Å². The van der Waals surface area contributed by atoms with E-state index in [1.165, 1.54) is 43.1 Å². The van der Waals surface area contributed by atoms with Gasteiger partial charge in [-0.3, -0.25) is 14.2 Å². The highest BCUT2D eigenvalue weighted by Crippen LogP contribution is 2.26. The first-order chi connectivity index (χ1) is 11.8. The van der Waals surface area contributed by atoms with Crippen molar-refractivity contribution in [3.63, 3.8) is 0 Å². The second kappa shape index (κ2) is 7.84. The number of halogens is 1. The number of anilines is 2. The molecule has 1 aromatic heterocycles. The number of benzene rings is 1. The van der Waals surface area contributed by atoms with Gasteiger partial charge < -0.3 is 15.8 Å². The predicted molar refractivity (Wildman–Crippen MR) is 92.6 cm³/mol. The summed E-state index contributed by atoms with van der Waals surface area (Å²) in [7, 11) is 1.42. The summed E-state index contributed by atoms with van der Waals surface area (Å²) in [4.78, 5) is 35.5. The molecule has 2 aromatic rings. The van der Waals surface area contributed by atoms with E-state index in [9.17, 15) is 18.8 Å². The van der Waals surface area contributed by atoms with Crippen LogP contribution in [0.1, 0.15) is 10.4 Å². The van der Waals surface area contributed by atoms with Crippen LogP contribution < -0.4 is 16.6 Å². The average Bonchev–Trinajstić information content (AvgIpc) is 2.58. The SMILES string of the molecule is CSc1ccc(Nc2c(C(=O)OCC(N)=O)ccc(=O)n2C)c(F)c1. The molecule has 9 heteroatoms. The first-order valence-electron chi connectivity index (χ1n) is 7.09. The van der Waals surface area contributed by atoms with Crippen molar-refractivity contribution in [2.24, 2.45) is 12.8 Å². The van der Waals surface area contributed by atoms with Gasteiger partial charge in [0.2, 0.25) is 0 Å². The summed E-state index contributed by atoms with van der Waals surface area (Å²) in [5.41, 5.74) is 4.59. The molecule has 7 nitrogen and oxygen atoms in total. The molecule has 132 valence electrons. The number of pyridine rings is 1. The Kier molecular flexibility index (Phi) is 5.81. The van der Waals surface area contributed by atoms with Crippen LogP contribution >= 0.6 is 11.8 Å². The van der Waals surface area contributed by atoms with E-state index < -0.39 is 29.9 Å². The highest BCUT2D eigenvalue weighted by Gasteiger charge is 2.18. The van der Waals surface area contributed by atoms with E-state index in [-0.39, 0.29) is 17.1 Å². The number of nitrogens with one attached hydrogen (secondary N) is 1. The van der Waals surface area contributed by atoms with Crippen LogP contribution in [0, 0.1) is 5.82 Å². The molecule has 0 radical (unpaired) electrons. The lowest BCUT2D eigenvalue weighted by Gasteiger charge is -2.15. The molecule has 0 atom stereocenters. The Bertz CT molecular complexity index is 882. The second-order valence-corrected chi connectivity index (χ2v) is 5.89. The van der Waals surface area contributed by atoms with E-state index in [1.54, 1.807) is 6.07 Å². The Morgan fingerprint density at radius 1 is 1.32 bits per heavy atom. The number of nitrogens with two attached hydrogens (primary N) is 1. The fourth-order valence-electron chi connectivity index (χ4n) is 2.02. The Hall–Kier alpha value is -2.81. The number of ether oxygens (including phenoxy) is 1. The van der Waals surface area contributed by atoms with E-state index in [0.29, 0.717) is 0 Å². The number of nitrogens with zero attached hydrogens (tertiary/aromatic N) is 1. The van der Waals surface area contributed by atoms with Gasteiger partial charge in [-0.25, -0.2) is 9.18 Å². The van der Waals surface area contributed by atoms with Crippen molar-refractivity contribution in [2.45, 2.75) is 4.90 Å². The number of amides is 1. The maximum atomic E-state index is 14.2. The fourth-order valence-corrected chi connectivity index (χ4v) is 2.44. The molecular weight excluding hydrogens is 349 g/mol. The van der Waals surface area contributed by atoms with Crippen molar-refractivity contribution in [2.75, 3.05) is 18.2 Å². The summed E-state index contributed by atoms with van der Waals surface area (Å²) in [5, 5.41) is 2.73. The van der Waals surface area contributed by atoms with E-state index in [4.69, 9.17) is 10.5 Å². The minimum atomic E-state index is -0.863. The Labute approximate surface area is 147 Å². The van der Waals surface area contributed by atoms with Crippen molar-refractivity contribution < 1.29 is 18.7 Å². The average molecular weight is 365 g/mol. The second-order valence-electron chi connectivity index (χ2n) is 5.01. The zero-order valence-corrected chi connectivity index (χ0v) is 14.4. The summed E-state index contributed by atoms with van der Waals surface area (Å²) in [6.45, 7) is -0.599. The van der Waals surface area contributed by atoms with E-state index >= 15 is 0 Å². The van der Waals surface area contributed by atoms with Crippen molar-refractivity contribution >= 4 is 35.1 Å². The highest BCUT2D eigenvalue weighted by atomic mass is 32.2. The molecule has 0 aliphatic rings. The molecule has 1 heterocycles. The predicted octanol–water partition coefficient (Wildman–Crippen LogP) is 1.63. The standard InChI is InChI=1S/C16H16FN3O4S/c1-20-14(22)6-4-10(16(23)24-8-13(18)21)15(20)19-12-5-3-9(25-2)7-11(12)17/h3-7,19H,8H2,1-2H3,(H2,18,21). The number of esters is 1. The Balaban J connectivity index is 2.42. The van der Waals surface area contributed by atoms with Crippen LogP contribution in [0.4, 0.5) is 15.9 Å². The molecule has 0 bridgehead atoms.